The van der Waals surface area contributed by atoms with Gasteiger partial charge in [-0.25, -0.2) is 4.79 Å². The van der Waals surface area contributed by atoms with E-state index in [-0.39, 0.29) is 24.6 Å². The number of carbonyl (C=O) groups excluding carboxylic acids is 3. The van der Waals surface area contributed by atoms with Crippen molar-refractivity contribution in [3.05, 3.63) is 29.8 Å². The Kier molecular flexibility index (Phi) is 8.28. The van der Waals surface area contributed by atoms with Crippen LogP contribution >= 0.6 is 0 Å². The Morgan fingerprint density at radius 3 is 2.17 bits per heavy atom. The van der Waals surface area contributed by atoms with Gasteiger partial charge in [0.1, 0.15) is 23.9 Å². The number of rotatable bonds is 9. The molecule has 1 aromatic rings. The van der Waals surface area contributed by atoms with Gasteiger partial charge in [0, 0.05) is 13.1 Å². The topological polar surface area (TPSA) is 191 Å². The molecule has 2 aliphatic heterocycles. The fourth-order valence-corrected chi connectivity index (χ4v) is 4.61. The number of nitrogens with one attached hydrogen (secondary N) is 1. The molecular weight excluding hydrogens is 460 g/mol. The van der Waals surface area contributed by atoms with Gasteiger partial charge in [0.05, 0.1) is 12.5 Å². The molecule has 0 saturated carbocycles. The van der Waals surface area contributed by atoms with E-state index < -0.39 is 54.3 Å². The lowest BCUT2D eigenvalue weighted by Crippen LogP contribution is -2.56. The molecule has 6 N–H and O–H groups in total. The number of benzene rings is 1. The number of phenolic OH excluding ortho intramolecular Hbond substituents is 1. The number of aromatic hydroxyl groups is 1. The highest BCUT2D eigenvalue weighted by molar-refractivity contribution is 5.95. The van der Waals surface area contributed by atoms with E-state index in [1.165, 1.54) is 21.9 Å². The molecule has 0 aliphatic carbocycles. The zero-order valence-electron chi connectivity index (χ0n) is 19.1. The Hall–Kier alpha value is -3.67. The van der Waals surface area contributed by atoms with Crippen molar-refractivity contribution < 1.29 is 39.3 Å². The van der Waals surface area contributed by atoms with E-state index in [0.29, 0.717) is 32.2 Å². The maximum Gasteiger partial charge on any atom is 0.326 e. The normalized spacial score (nSPS) is 21.4. The van der Waals surface area contributed by atoms with Gasteiger partial charge in [-0.15, -0.1) is 0 Å². The van der Waals surface area contributed by atoms with E-state index in [2.05, 4.69) is 5.32 Å². The Morgan fingerprint density at radius 2 is 1.57 bits per heavy atom. The maximum atomic E-state index is 13.4. The number of nitrogens with zero attached hydrogens (tertiary/aromatic N) is 2. The number of phenols is 1. The second kappa shape index (κ2) is 11.2. The second-order valence-electron chi connectivity index (χ2n) is 8.85. The summed E-state index contributed by atoms with van der Waals surface area (Å²) in [6.07, 6.45) is 1.27. The fraction of sp³-hybridized carbons (Fsp3) is 0.522. The summed E-state index contributed by atoms with van der Waals surface area (Å²) in [5.74, 6) is -4.28. The van der Waals surface area contributed by atoms with Gasteiger partial charge < -0.3 is 36.2 Å². The van der Waals surface area contributed by atoms with Crippen LogP contribution in [0.4, 0.5) is 0 Å². The molecule has 35 heavy (non-hydrogen) atoms. The third-order valence-corrected chi connectivity index (χ3v) is 6.36. The predicted molar refractivity (Wildman–Crippen MR) is 121 cm³/mol. The third kappa shape index (κ3) is 6.27. The van der Waals surface area contributed by atoms with Crippen molar-refractivity contribution in [2.24, 2.45) is 5.73 Å². The highest BCUT2D eigenvalue weighted by Crippen LogP contribution is 2.26. The summed E-state index contributed by atoms with van der Waals surface area (Å²) in [6.45, 7) is 0.620. The number of hydrogen-bond acceptors (Lipinski definition) is 7. The molecule has 2 fully saturated rings. The van der Waals surface area contributed by atoms with Crippen molar-refractivity contribution >= 4 is 29.7 Å². The number of nitrogens with two attached hydrogens (primary N) is 1. The summed E-state index contributed by atoms with van der Waals surface area (Å²) in [7, 11) is 0. The first-order valence-corrected chi connectivity index (χ1v) is 11.5. The van der Waals surface area contributed by atoms with E-state index in [4.69, 9.17) is 10.8 Å². The van der Waals surface area contributed by atoms with E-state index in [0.717, 1.165) is 5.56 Å². The van der Waals surface area contributed by atoms with Crippen molar-refractivity contribution in [1.29, 1.82) is 0 Å². The Balaban J connectivity index is 1.66. The highest BCUT2D eigenvalue weighted by atomic mass is 16.4. The van der Waals surface area contributed by atoms with Gasteiger partial charge in [-0.05, 0) is 49.8 Å². The molecule has 3 amide bonds. The molecular formula is C23H30N4O8. The summed E-state index contributed by atoms with van der Waals surface area (Å²) in [5.41, 5.74) is 6.90. The monoisotopic (exact) mass is 490 g/mol. The lowest BCUT2D eigenvalue weighted by Gasteiger charge is -2.32. The molecule has 1 aromatic carbocycles. The third-order valence-electron chi connectivity index (χ3n) is 6.36. The number of amides is 3. The number of hydrogen-bond donors (Lipinski definition) is 5. The van der Waals surface area contributed by atoms with E-state index in [1.807, 2.05) is 0 Å². The molecule has 0 aromatic heterocycles. The molecule has 2 aliphatic rings. The number of aliphatic carboxylic acids is 2. The maximum absolute atomic E-state index is 13.4. The van der Waals surface area contributed by atoms with E-state index in [9.17, 15) is 34.2 Å². The number of carboxylic acids is 2. The summed E-state index contributed by atoms with van der Waals surface area (Å²) in [6, 6.07) is 2.10. The first-order valence-electron chi connectivity index (χ1n) is 11.5. The van der Waals surface area contributed by atoms with Crippen LogP contribution in [0.15, 0.2) is 24.3 Å². The Labute approximate surface area is 201 Å². The largest absolute Gasteiger partial charge is 0.508 e. The fourth-order valence-electron chi connectivity index (χ4n) is 4.61. The molecule has 12 heteroatoms. The summed E-state index contributed by atoms with van der Waals surface area (Å²) in [5, 5.41) is 29.7. The van der Waals surface area contributed by atoms with Crippen LogP contribution in [-0.4, -0.2) is 92.0 Å². The number of carboxylic acid groups (broad SMARTS) is 2. The van der Waals surface area contributed by atoms with Gasteiger partial charge in [0.2, 0.25) is 17.7 Å². The van der Waals surface area contributed by atoms with Crippen molar-refractivity contribution in [2.75, 3.05) is 13.1 Å². The van der Waals surface area contributed by atoms with Crippen LogP contribution < -0.4 is 11.1 Å². The second-order valence-corrected chi connectivity index (χ2v) is 8.85. The zero-order valence-corrected chi connectivity index (χ0v) is 19.1. The van der Waals surface area contributed by atoms with Crippen molar-refractivity contribution in [3.8, 4) is 5.75 Å². The van der Waals surface area contributed by atoms with E-state index in [1.54, 1.807) is 12.1 Å². The van der Waals surface area contributed by atoms with Gasteiger partial charge >= 0.3 is 11.9 Å². The van der Waals surface area contributed by atoms with Crippen LogP contribution in [0.1, 0.15) is 37.7 Å². The first kappa shape index (κ1) is 25.9. The summed E-state index contributed by atoms with van der Waals surface area (Å²) >= 11 is 0. The quantitative estimate of drug-likeness (QED) is 0.297. The molecule has 0 unspecified atom stereocenters. The minimum atomic E-state index is -1.61. The minimum Gasteiger partial charge on any atom is -0.508 e. The Bertz CT molecular complexity index is 982. The molecule has 0 bridgehead atoms. The molecule has 2 saturated heterocycles. The average molecular weight is 491 g/mol. The molecule has 190 valence electrons. The van der Waals surface area contributed by atoms with Gasteiger partial charge in [-0.3, -0.25) is 19.2 Å². The number of likely N-dealkylation sites (tertiary alicyclic amines) is 2. The molecule has 4 atom stereocenters. The molecule has 2 heterocycles. The van der Waals surface area contributed by atoms with Crippen LogP contribution in [0.3, 0.4) is 0 Å². The highest BCUT2D eigenvalue weighted by Gasteiger charge is 2.43. The van der Waals surface area contributed by atoms with E-state index >= 15 is 0 Å². The predicted octanol–water partition coefficient (Wildman–Crippen LogP) is -0.712. The van der Waals surface area contributed by atoms with Gasteiger partial charge in [0.15, 0.2) is 0 Å². The summed E-state index contributed by atoms with van der Waals surface area (Å²) < 4.78 is 0. The summed E-state index contributed by atoms with van der Waals surface area (Å²) in [4.78, 5) is 64.2. The van der Waals surface area contributed by atoms with Crippen LogP contribution in [0, 0.1) is 0 Å². The van der Waals surface area contributed by atoms with Crippen LogP contribution in [0.2, 0.25) is 0 Å². The molecule has 0 spiro atoms. The van der Waals surface area contributed by atoms with Crippen molar-refractivity contribution in [2.45, 2.75) is 62.7 Å². The lowest BCUT2D eigenvalue weighted by atomic mass is 10.0. The standard InChI is InChI=1S/C23H30N4O8/c24-15(11-13-5-7-14(28)8-6-13)21(32)27-10-2-4-18(27)22(33)26-9-1-3-17(26)20(31)25-16(23(34)35)12-19(29)30/h5-8,15-18,28H,1-4,9-12,24H2,(H,25,31)(H,29,30)(H,34,35)/t15-,16-,17-,18-/m0/s1. The number of carbonyl (C=O) groups is 5. The molecule has 12 nitrogen and oxygen atoms in total. The first-order chi connectivity index (χ1) is 16.6. The smallest absolute Gasteiger partial charge is 0.326 e. The van der Waals surface area contributed by atoms with Crippen LogP contribution in [-0.2, 0) is 30.4 Å². The molecule has 0 radical (unpaired) electrons. The van der Waals surface area contributed by atoms with Crippen LogP contribution in [0.5, 0.6) is 5.75 Å². The van der Waals surface area contributed by atoms with Crippen molar-refractivity contribution in [1.82, 2.24) is 15.1 Å². The van der Waals surface area contributed by atoms with Gasteiger partial charge in [-0.1, -0.05) is 12.1 Å². The van der Waals surface area contributed by atoms with Gasteiger partial charge in [-0.2, -0.15) is 0 Å². The van der Waals surface area contributed by atoms with Crippen LogP contribution in [0.25, 0.3) is 0 Å². The minimum absolute atomic E-state index is 0.0979. The Morgan fingerprint density at radius 1 is 0.971 bits per heavy atom. The lowest BCUT2D eigenvalue weighted by molar-refractivity contribution is -0.149. The average Bonchev–Trinajstić information content (AvgIpc) is 3.49. The zero-order chi connectivity index (χ0) is 25.7. The SMILES string of the molecule is N[C@@H](Cc1ccc(O)cc1)C(=O)N1CCC[C@H]1C(=O)N1CCC[C@H]1C(=O)N[C@@H](CC(=O)O)C(=O)O. The van der Waals surface area contributed by atoms with Gasteiger partial charge in [0.25, 0.3) is 0 Å². The van der Waals surface area contributed by atoms with Crippen molar-refractivity contribution in [3.63, 3.8) is 0 Å². The molecule has 3 rings (SSSR count).